The van der Waals surface area contributed by atoms with Gasteiger partial charge in [0.15, 0.2) is 11.5 Å². The average molecular weight is 390 g/mol. The maximum atomic E-state index is 5.76. The van der Waals surface area contributed by atoms with Crippen molar-refractivity contribution in [3.63, 3.8) is 0 Å². The molecule has 0 fully saturated rings. The number of H-pyrrole nitrogens is 2. The Labute approximate surface area is 168 Å². The van der Waals surface area contributed by atoms with Crippen LogP contribution in [0.15, 0.2) is 60.0 Å². The highest BCUT2D eigenvalue weighted by Gasteiger charge is 2.18. The second-order valence-corrected chi connectivity index (χ2v) is 6.44. The van der Waals surface area contributed by atoms with E-state index >= 15 is 0 Å². The molecule has 0 radical (unpaired) electrons. The third-order valence-corrected chi connectivity index (χ3v) is 4.91. The van der Waals surface area contributed by atoms with E-state index in [0.29, 0.717) is 23.0 Å². The smallest absolute Gasteiger partial charge is 0.203 e. The zero-order valence-electron chi connectivity index (χ0n) is 16.4. The first kappa shape index (κ1) is 18.5. The lowest BCUT2D eigenvalue weighted by Crippen LogP contribution is -2.08. The molecule has 7 nitrogen and oxygen atoms in total. The fourth-order valence-corrected chi connectivity index (χ4v) is 3.51. The van der Waals surface area contributed by atoms with Crippen LogP contribution in [0.1, 0.15) is 11.3 Å². The molecule has 0 aliphatic rings. The third kappa shape index (κ3) is 3.16. The van der Waals surface area contributed by atoms with Crippen LogP contribution in [0.3, 0.4) is 0 Å². The van der Waals surface area contributed by atoms with Crippen molar-refractivity contribution in [2.75, 3.05) is 21.3 Å². The lowest BCUT2D eigenvalue weighted by molar-refractivity contribution is 0.324. The number of hydrazone groups is 1. The van der Waals surface area contributed by atoms with Crippen LogP contribution in [0.25, 0.3) is 22.0 Å². The van der Waals surface area contributed by atoms with E-state index in [4.69, 9.17) is 20.1 Å². The van der Waals surface area contributed by atoms with Crippen LogP contribution in [0.2, 0.25) is 0 Å². The van der Waals surface area contributed by atoms with Crippen molar-refractivity contribution in [3.8, 4) is 28.4 Å². The second kappa shape index (κ2) is 7.63. The lowest BCUT2D eigenvalue weighted by atomic mass is 10.0. The van der Waals surface area contributed by atoms with Crippen LogP contribution in [0.5, 0.6) is 17.2 Å². The second-order valence-electron chi connectivity index (χ2n) is 6.44. The van der Waals surface area contributed by atoms with E-state index in [1.54, 1.807) is 21.3 Å². The van der Waals surface area contributed by atoms with Gasteiger partial charge in [-0.3, -0.25) is 0 Å². The van der Waals surface area contributed by atoms with E-state index in [0.717, 1.165) is 33.3 Å². The number of hydrogen-bond acceptors (Lipinski definition) is 5. The highest BCUT2D eigenvalue weighted by molar-refractivity contribution is 6.13. The van der Waals surface area contributed by atoms with Gasteiger partial charge in [-0.1, -0.05) is 18.2 Å². The van der Waals surface area contributed by atoms with Gasteiger partial charge in [0.2, 0.25) is 5.75 Å². The molecule has 0 spiro atoms. The molecule has 4 rings (SSSR count). The molecule has 0 aliphatic heterocycles. The molecule has 7 heteroatoms. The van der Waals surface area contributed by atoms with E-state index in [2.05, 4.69) is 27.2 Å². The average Bonchev–Trinajstić information content (AvgIpc) is 3.40. The van der Waals surface area contributed by atoms with Crippen LogP contribution >= 0.6 is 0 Å². The first-order valence-corrected chi connectivity index (χ1v) is 9.03. The van der Waals surface area contributed by atoms with Crippen molar-refractivity contribution in [3.05, 3.63) is 66.1 Å². The monoisotopic (exact) mass is 390 g/mol. The summed E-state index contributed by atoms with van der Waals surface area (Å²) in [5.74, 6) is 7.34. The number of hydrogen-bond donors (Lipinski definition) is 3. The Bertz CT molecular complexity index is 1160. The van der Waals surface area contributed by atoms with Gasteiger partial charge in [-0.2, -0.15) is 5.10 Å². The van der Waals surface area contributed by atoms with Gasteiger partial charge < -0.3 is 30.0 Å². The number of methoxy groups -OCH3 is 3. The Morgan fingerprint density at radius 2 is 1.62 bits per heavy atom. The van der Waals surface area contributed by atoms with Crippen molar-refractivity contribution >= 4 is 16.6 Å². The number of nitrogens with zero attached hydrogens (tertiary/aromatic N) is 1. The molecule has 2 heterocycles. The summed E-state index contributed by atoms with van der Waals surface area (Å²) in [6.07, 6.45) is 3.93. The Morgan fingerprint density at radius 3 is 2.28 bits per heavy atom. The molecule has 4 aromatic rings. The number of para-hydroxylation sites is 1. The summed E-state index contributed by atoms with van der Waals surface area (Å²) in [6, 6.07) is 13.8. The predicted octanol–water partition coefficient (Wildman–Crippen LogP) is 3.90. The van der Waals surface area contributed by atoms with Crippen molar-refractivity contribution in [1.82, 2.24) is 9.97 Å². The van der Waals surface area contributed by atoms with Gasteiger partial charge in [0.05, 0.1) is 27.0 Å². The maximum absolute atomic E-state index is 5.76. The number of ether oxygens (including phenoxy) is 3. The SMILES string of the molecule is COc1cc(C(=NN)c2cc(-c3c[nH]c4ccccc34)c[nH]2)cc(OC)c1OC. The number of benzene rings is 2. The Kier molecular flexibility index (Phi) is 4.87. The van der Waals surface area contributed by atoms with Gasteiger partial charge in [0, 0.05) is 40.0 Å². The summed E-state index contributed by atoms with van der Waals surface area (Å²) in [5.41, 5.74) is 5.32. The normalized spacial score (nSPS) is 11.6. The van der Waals surface area contributed by atoms with Crippen molar-refractivity contribution in [1.29, 1.82) is 0 Å². The Morgan fingerprint density at radius 1 is 0.897 bits per heavy atom. The highest BCUT2D eigenvalue weighted by Crippen LogP contribution is 2.39. The van der Waals surface area contributed by atoms with Crippen LogP contribution < -0.4 is 20.1 Å². The van der Waals surface area contributed by atoms with Crippen molar-refractivity contribution in [2.24, 2.45) is 10.9 Å². The Hall–Kier alpha value is -3.87. The largest absolute Gasteiger partial charge is 0.493 e. The summed E-state index contributed by atoms with van der Waals surface area (Å²) in [6.45, 7) is 0. The number of aromatic nitrogens is 2. The number of aromatic amines is 2. The van der Waals surface area contributed by atoms with Gasteiger partial charge in [0.25, 0.3) is 0 Å². The maximum Gasteiger partial charge on any atom is 0.203 e. The lowest BCUT2D eigenvalue weighted by Gasteiger charge is -2.14. The zero-order chi connectivity index (χ0) is 20.4. The van der Waals surface area contributed by atoms with Crippen LogP contribution in [-0.4, -0.2) is 37.0 Å². The van der Waals surface area contributed by atoms with Gasteiger partial charge in [-0.15, -0.1) is 0 Å². The highest BCUT2D eigenvalue weighted by atomic mass is 16.5. The molecular weight excluding hydrogens is 368 g/mol. The van der Waals surface area contributed by atoms with E-state index < -0.39 is 0 Å². The summed E-state index contributed by atoms with van der Waals surface area (Å²) in [5, 5.41) is 5.17. The first-order chi connectivity index (χ1) is 14.2. The molecule has 0 atom stereocenters. The van der Waals surface area contributed by atoms with Crippen molar-refractivity contribution in [2.45, 2.75) is 0 Å². The molecule has 2 aromatic carbocycles. The predicted molar refractivity (Wildman–Crippen MR) is 114 cm³/mol. The molecule has 0 saturated heterocycles. The molecule has 148 valence electrons. The van der Waals surface area contributed by atoms with E-state index in [-0.39, 0.29) is 0 Å². The fraction of sp³-hybridized carbons (Fsp3) is 0.136. The minimum Gasteiger partial charge on any atom is -0.493 e. The third-order valence-electron chi connectivity index (χ3n) is 4.91. The number of nitrogens with one attached hydrogen (secondary N) is 2. The fourth-order valence-electron chi connectivity index (χ4n) is 3.51. The first-order valence-electron chi connectivity index (χ1n) is 9.03. The van der Waals surface area contributed by atoms with E-state index in [1.807, 2.05) is 42.7 Å². The molecule has 0 unspecified atom stereocenters. The van der Waals surface area contributed by atoms with Gasteiger partial charge in [0.1, 0.15) is 5.71 Å². The standard InChI is InChI=1S/C22H22N4O3/c1-27-19-9-13(10-20(28-2)22(19)29-3)21(26-23)18-8-14(11-24-18)16-12-25-17-7-5-4-6-15(16)17/h4-12,24-25H,23H2,1-3H3. The number of rotatable bonds is 6. The molecule has 0 amide bonds. The summed E-state index contributed by atoms with van der Waals surface area (Å²) in [4.78, 5) is 6.57. The minimum absolute atomic E-state index is 0.515. The van der Waals surface area contributed by atoms with Gasteiger partial charge in [-0.05, 0) is 24.3 Å². The Balaban J connectivity index is 1.77. The summed E-state index contributed by atoms with van der Waals surface area (Å²) in [7, 11) is 4.71. The number of fused-ring (bicyclic) bond motifs is 1. The van der Waals surface area contributed by atoms with Gasteiger partial charge >= 0.3 is 0 Å². The van der Waals surface area contributed by atoms with Crippen molar-refractivity contribution < 1.29 is 14.2 Å². The van der Waals surface area contributed by atoms with E-state index in [1.165, 1.54) is 0 Å². The molecule has 0 aliphatic carbocycles. The summed E-state index contributed by atoms with van der Waals surface area (Å²) < 4.78 is 16.3. The zero-order valence-corrected chi connectivity index (χ0v) is 16.4. The molecule has 4 N–H and O–H groups in total. The molecular formula is C22H22N4O3. The minimum atomic E-state index is 0.515. The van der Waals surface area contributed by atoms with Crippen LogP contribution in [0, 0.1) is 0 Å². The molecule has 0 saturated carbocycles. The van der Waals surface area contributed by atoms with Crippen LogP contribution in [-0.2, 0) is 0 Å². The van der Waals surface area contributed by atoms with Gasteiger partial charge in [-0.25, -0.2) is 0 Å². The molecule has 2 aromatic heterocycles. The van der Waals surface area contributed by atoms with E-state index in [9.17, 15) is 0 Å². The topological polar surface area (TPSA) is 97.7 Å². The quantitative estimate of drug-likeness (QED) is 0.264. The number of nitrogens with two attached hydrogens (primary N) is 1. The summed E-state index contributed by atoms with van der Waals surface area (Å²) >= 11 is 0. The molecule has 29 heavy (non-hydrogen) atoms. The van der Waals surface area contributed by atoms with Crippen LogP contribution in [0.4, 0.5) is 0 Å². The molecule has 0 bridgehead atoms.